The third kappa shape index (κ3) is 5.70. The van der Waals surface area contributed by atoms with Crippen molar-refractivity contribution in [1.82, 2.24) is 5.32 Å². The molecular formula is C11H22N2O3. The molecule has 0 bridgehead atoms. The third-order valence-corrected chi connectivity index (χ3v) is 2.40. The summed E-state index contributed by atoms with van der Waals surface area (Å²) in [7, 11) is 0. The van der Waals surface area contributed by atoms with E-state index in [-0.39, 0.29) is 18.4 Å². The van der Waals surface area contributed by atoms with Crippen molar-refractivity contribution in [2.75, 3.05) is 6.54 Å². The largest absolute Gasteiger partial charge is 0.481 e. The van der Waals surface area contributed by atoms with Gasteiger partial charge >= 0.3 is 5.97 Å². The molecule has 5 nitrogen and oxygen atoms in total. The topological polar surface area (TPSA) is 92.4 Å². The Balaban J connectivity index is 4.12. The van der Waals surface area contributed by atoms with Gasteiger partial charge in [-0.15, -0.1) is 0 Å². The molecule has 0 aromatic rings. The van der Waals surface area contributed by atoms with E-state index in [9.17, 15) is 9.59 Å². The highest BCUT2D eigenvalue weighted by Gasteiger charge is 2.20. The number of nitrogens with two attached hydrogens (primary N) is 1. The first kappa shape index (κ1) is 14.9. The zero-order valence-corrected chi connectivity index (χ0v) is 10.2. The van der Waals surface area contributed by atoms with Crippen molar-refractivity contribution < 1.29 is 14.7 Å². The molecule has 0 aliphatic rings. The van der Waals surface area contributed by atoms with Crippen LogP contribution in [-0.2, 0) is 9.59 Å². The zero-order valence-electron chi connectivity index (χ0n) is 10.2. The van der Waals surface area contributed by atoms with Gasteiger partial charge in [-0.2, -0.15) is 0 Å². The van der Waals surface area contributed by atoms with Gasteiger partial charge in [0.1, 0.15) is 0 Å². The number of carboxylic acid groups (broad SMARTS) is 1. The van der Waals surface area contributed by atoms with E-state index in [4.69, 9.17) is 10.8 Å². The van der Waals surface area contributed by atoms with E-state index in [2.05, 4.69) is 5.32 Å². The molecule has 0 rings (SSSR count). The molecule has 0 saturated heterocycles. The maximum atomic E-state index is 11.4. The Hall–Kier alpha value is -1.10. The normalized spacial score (nSPS) is 14.6. The molecule has 4 N–H and O–H groups in total. The molecule has 0 radical (unpaired) electrons. The maximum absolute atomic E-state index is 11.4. The first-order chi connectivity index (χ1) is 7.38. The molecule has 0 spiro atoms. The predicted molar refractivity (Wildman–Crippen MR) is 61.9 cm³/mol. The summed E-state index contributed by atoms with van der Waals surface area (Å²) in [5.41, 5.74) is 5.52. The fraction of sp³-hybridized carbons (Fsp3) is 0.818. The third-order valence-electron chi connectivity index (χ3n) is 2.40. The first-order valence-electron chi connectivity index (χ1n) is 5.64. The minimum atomic E-state index is -0.876. The van der Waals surface area contributed by atoms with Crippen LogP contribution in [0.5, 0.6) is 0 Å². The van der Waals surface area contributed by atoms with Gasteiger partial charge < -0.3 is 16.2 Å². The number of carboxylic acids is 1. The summed E-state index contributed by atoms with van der Waals surface area (Å²) >= 11 is 0. The summed E-state index contributed by atoms with van der Waals surface area (Å²) in [5.74, 6) is -1.40. The lowest BCUT2D eigenvalue weighted by Gasteiger charge is -2.16. The molecule has 0 aromatic heterocycles. The summed E-state index contributed by atoms with van der Waals surface area (Å²) in [5, 5.41) is 11.5. The van der Waals surface area contributed by atoms with Gasteiger partial charge in [-0.3, -0.25) is 9.59 Å². The minimum Gasteiger partial charge on any atom is -0.481 e. The van der Waals surface area contributed by atoms with Crippen molar-refractivity contribution in [3.63, 3.8) is 0 Å². The van der Waals surface area contributed by atoms with Crippen LogP contribution in [0.15, 0.2) is 0 Å². The average molecular weight is 230 g/mol. The Morgan fingerprint density at radius 1 is 1.38 bits per heavy atom. The highest BCUT2D eigenvalue weighted by molar-refractivity contribution is 5.82. The number of amides is 1. The van der Waals surface area contributed by atoms with Crippen LogP contribution in [0.3, 0.4) is 0 Å². The van der Waals surface area contributed by atoms with Crippen molar-refractivity contribution >= 4 is 11.9 Å². The molecule has 0 saturated carbocycles. The molecule has 0 aliphatic carbocycles. The Morgan fingerprint density at radius 3 is 2.31 bits per heavy atom. The standard InChI is InChI=1S/C11H22N2O3/c1-4-9(12)10(14)13-6-8(11(15)16)5-7(2)3/h7-9H,4-6,12H2,1-3H3,(H,13,14)(H,15,16). The Morgan fingerprint density at radius 2 is 1.94 bits per heavy atom. The molecule has 1 amide bonds. The van der Waals surface area contributed by atoms with Crippen molar-refractivity contribution in [1.29, 1.82) is 0 Å². The molecule has 94 valence electrons. The van der Waals surface area contributed by atoms with Gasteiger partial charge in [0.2, 0.25) is 5.91 Å². The lowest BCUT2D eigenvalue weighted by Crippen LogP contribution is -2.43. The number of rotatable bonds is 7. The van der Waals surface area contributed by atoms with Gasteiger partial charge in [-0.05, 0) is 18.8 Å². The van der Waals surface area contributed by atoms with Crippen LogP contribution in [0.2, 0.25) is 0 Å². The maximum Gasteiger partial charge on any atom is 0.308 e. The van der Waals surface area contributed by atoms with Gasteiger partial charge in [-0.25, -0.2) is 0 Å². The van der Waals surface area contributed by atoms with E-state index in [1.165, 1.54) is 0 Å². The number of aliphatic carboxylic acids is 1. The number of carbonyl (C=O) groups excluding carboxylic acids is 1. The first-order valence-corrected chi connectivity index (χ1v) is 5.64. The van der Waals surface area contributed by atoms with Gasteiger partial charge in [0.05, 0.1) is 12.0 Å². The summed E-state index contributed by atoms with van der Waals surface area (Å²) in [6.45, 7) is 5.87. The molecule has 2 atom stereocenters. The number of nitrogens with one attached hydrogen (secondary N) is 1. The number of hydrogen-bond donors (Lipinski definition) is 3. The molecule has 0 aliphatic heterocycles. The van der Waals surface area contributed by atoms with E-state index in [0.717, 1.165) is 0 Å². The Kier molecular flexibility index (Phi) is 6.72. The van der Waals surface area contributed by atoms with Crippen LogP contribution >= 0.6 is 0 Å². The zero-order chi connectivity index (χ0) is 12.7. The van der Waals surface area contributed by atoms with E-state index < -0.39 is 17.9 Å². The van der Waals surface area contributed by atoms with Crippen molar-refractivity contribution in [3.05, 3.63) is 0 Å². The van der Waals surface area contributed by atoms with Gasteiger partial charge in [0, 0.05) is 6.54 Å². The van der Waals surface area contributed by atoms with Crippen LogP contribution in [0.1, 0.15) is 33.6 Å². The van der Waals surface area contributed by atoms with Crippen molar-refractivity contribution in [2.24, 2.45) is 17.6 Å². The monoisotopic (exact) mass is 230 g/mol. The Labute approximate surface area is 96.4 Å². The summed E-state index contributed by atoms with van der Waals surface area (Å²) in [6, 6.07) is -0.548. The fourth-order valence-corrected chi connectivity index (χ4v) is 1.38. The minimum absolute atomic E-state index is 0.153. The quantitative estimate of drug-likeness (QED) is 0.596. The number of carbonyl (C=O) groups is 2. The second-order valence-corrected chi connectivity index (χ2v) is 4.42. The van der Waals surface area contributed by atoms with Crippen molar-refractivity contribution in [2.45, 2.75) is 39.7 Å². The molecule has 0 aromatic carbocycles. The van der Waals surface area contributed by atoms with Crippen LogP contribution < -0.4 is 11.1 Å². The molecule has 0 fully saturated rings. The average Bonchev–Trinajstić information content (AvgIpc) is 2.21. The molecule has 2 unspecified atom stereocenters. The highest BCUT2D eigenvalue weighted by atomic mass is 16.4. The van der Waals surface area contributed by atoms with Crippen LogP contribution in [0, 0.1) is 11.8 Å². The summed E-state index contributed by atoms with van der Waals surface area (Å²) < 4.78 is 0. The van der Waals surface area contributed by atoms with E-state index in [1.54, 1.807) is 0 Å². The Bertz CT molecular complexity index is 241. The second-order valence-electron chi connectivity index (χ2n) is 4.42. The highest BCUT2D eigenvalue weighted by Crippen LogP contribution is 2.11. The van der Waals surface area contributed by atoms with Gasteiger partial charge in [0.25, 0.3) is 0 Å². The van der Waals surface area contributed by atoms with Crippen molar-refractivity contribution in [3.8, 4) is 0 Å². The van der Waals surface area contributed by atoms with Crippen LogP contribution in [-0.4, -0.2) is 29.6 Å². The molecule has 0 heterocycles. The SMILES string of the molecule is CCC(N)C(=O)NCC(CC(C)C)C(=O)O. The lowest BCUT2D eigenvalue weighted by molar-refractivity contribution is -0.142. The summed E-state index contributed by atoms with van der Waals surface area (Å²) in [4.78, 5) is 22.3. The fourth-order valence-electron chi connectivity index (χ4n) is 1.38. The van der Waals surface area contributed by atoms with E-state index >= 15 is 0 Å². The number of hydrogen-bond acceptors (Lipinski definition) is 3. The van der Waals surface area contributed by atoms with Gasteiger partial charge in [-0.1, -0.05) is 20.8 Å². The van der Waals surface area contributed by atoms with Crippen LogP contribution in [0.4, 0.5) is 0 Å². The van der Waals surface area contributed by atoms with E-state index in [1.807, 2.05) is 20.8 Å². The molecule has 5 heteroatoms. The smallest absolute Gasteiger partial charge is 0.308 e. The molecular weight excluding hydrogens is 208 g/mol. The molecule has 16 heavy (non-hydrogen) atoms. The second kappa shape index (κ2) is 7.22. The van der Waals surface area contributed by atoms with Gasteiger partial charge in [0.15, 0.2) is 0 Å². The summed E-state index contributed by atoms with van der Waals surface area (Å²) in [6.07, 6.45) is 1.10. The van der Waals surface area contributed by atoms with Crippen LogP contribution in [0.25, 0.3) is 0 Å². The predicted octanol–water partition coefficient (Wildman–Crippen LogP) is 0.587. The lowest BCUT2D eigenvalue weighted by atomic mass is 9.97. The van der Waals surface area contributed by atoms with E-state index in [0.29, 0.717) is 12.8 Å².